The first-order valence-corrected chi connectivity index (χ1v) is 10.2. The van der Waals surface area contributed by atoms with E-state index in [1.165, 1.54) is 17.7 Å². The van der Waals surface area contributed by atoms with Crippen molar-refractivity contribution in [1.82, 2.24) is 9.80 Å². The maximum atomic E-state index is 13.5. The number of carbonyl (C=O) groups is 1. The van der Waals surface area contributed by atoms with E-state index in [0.717, 1.165) is 30.6 Å². The van der Waals surface area contributed by atoms with Crippen LogP contribution in [0.3, 0.4) is 0 Å². The Morgan fingerprint density at radius 2 is 1.93 bits per heavy atom. The zero-order valence-electron chi connectivity index (χ0n) is 16.5. The summed E-state index contributed by atoms with van der Waals surface area (Å²) in [5, 5.41) is 0. The average Bonchev–Trinajstić information content (AvgIpc) is 3.27. The molecule has 5 nitrogen and oxygen atoms in total. The van der Waals surface area contributed by atoms with E-state index >= 15 is 0 Å². The van der Waals surface area contributed by atoms with Crippen LogP contribution < -0.4 is 0 Å². The van der Waals surface area contributed by atoms with Crippen LogP contribution in [0, 0.1) is 11.7 Å². The molecule has 152 valence electrons. The quantitative estimate of drug-likeness (QED) is 0.782. The molecule has 0 spiro atoms. The second-order valence-corrected chi connectivity index (χ2v) is 8.28. The molecule has 0 bridgehead atoms. The van der Waals surface area contributed by atoms with Gasteiger partial charge >= 0.3 is 6.09 Å². The van der Waals surface area contributed by atoms with E-state index in [1.807, 2.05) is 18.2 Å². The number of carbonyl (C=O) groups excluding carboxylic acids is 1. The Bertz CT molecular complexity index is 903. The Morgan fingerprint density at radius 3 is 2.76 bits per heavy atom. The van der Waals surface area contributed by atoms with Crippen molar-refractivity contribution < 1.29 is 18.7 Å². The Balaban J connectivity index is 1.42. The Hall–Kier alpha value is -2.44. The molecule has 2 fully saturated rings. The van der Waals surface area contributed by atoms with Crippen LogP contribution in [0.2, 0.25) is 0 Å². The Morgan fingerprint density at radius 1 is 1.14 bits per heavy atom. The number of amides is 1. The lowest BCUT2D eigenvalue weighted by atomic mass is 9.88. The average molecular weight is 396 g/mol. The van der Waals surface area contributed by atoms with Crippen LogP contribution in [-0.2, 0) is 15.9 Å². The Labute approximate surface area is 170 Å². The standard InChI is InChI=1S/C23H25FN2O3/c1-25-12-19-20(13-25)28-14-21(19)29-23(27)26-11-10-15-4-2-3-5-18(15)22(26)16-6-8-17(24)9-7-16/h2-9,19-22H,10-14H2,1H3/t19-,20+,21+,22-/m0/s1. The van der Waals surface area contributed by atoms with Crippen molar-refractivity contribution in [2.45, 2.75) is 24.7 Å². The van der Waals surface area contributed by atoms with Crippen molar-refractivity contribution >= 4 is 6.09 Å². The van der Waals surface area contributed by atoms with Crippen molar-refractivity contribution in [3.63, 3.8) is 0 Å². The third kappa shape index (κ3) is 3.40. The van der Waals surface area contributed by atoms with Gasteiger partial charge in [-0.1, -0.05) is 36.4 Å². The number of likely N-dealkylation sites (tertiary alicyclic amines) is 1. The molecule has 1 amide bonds. The molecule has 29 heavy (non-hydrogen) atoms. The van der Waals surface area contributed by atoms with Gasteiger partial charge in [0.1, 0.15) is 11.9 Å². The molecule has 4 atom stereocenters. The minimum absolute atomic E-state index is 0.146. The largest absolute Gasteiger partial charge is 0.443 e. The number of ether oxygens (including phenoxy) is 2. The first-order valence-electron chi connectivity index (χ1n) is 10.2. The number of nitrogens with zero attached hydrogens (tertiary/aromatic N) is 2. The van der Waals surface area contributed by atoms with Gasteiger partial charge < -0.3 is 14.4 Å². The van der Waals surface area contributed by atoms with Gasteiger partial charge in [0.25, 0.3) is 0 Å². The first-order chi connectivity index (χ1) is 14.1. The zero-order valence-corrected chi connectivity index (χ0v) is 16.5. The van der Waals surface area contributed by atoms with Gasteiger partial charge in [0, 0.05) is 25.6 Å². The lowest BCUT2D eigenvalue weighted by Crippen LogP contribution is -2.43. The number of halogens is 1. The zero-order chi connectivity index (χ0) is 20.0. The van der Waals surface area contributed by atoms with E-state index in [1.54, 1.807) is 17.0 Å². The summed E-state index contributed by atoms with van der Waals surface area (Å²) in [7, 11) is 2.06. The van der Waals surface area contributed by atoms with Crippen LogP contribution in [0.1, 0.15) is 22.7 Å². The number of likely N-dealkylation sites (N-methyl/N-ethyl adjacent to an activating group) is 1. The third-order valence-electron chi connectivity index (χ3n) is 6.40. The SMILES string of the molecule is CN1C[C@H]2[C@@H](C1)OC[C@H]2OC(=O)N1CCc2ccccc2[C@@H]1c1ccc(F)cc1. The number of rotatable bonds is 2. The van der Waals surface area contributed by atoms with Gasteiger partial charge in [0.05, 0.1) is 18.8 Å². The number of fused-ring (bicyclic) bond motifs is 2. The lowest BCUT2D eigenvalue weighted by Gasteiger charge is -2.37. The third-order valence-corrected chi connectivity index (χ3v) is 6.40. The van der Waals surface area contributed by atoms with Gasteiger partial charge in [-0.15, -0.1) is 0 Å². The Kier molecular flexibility index (Phi) is 4.76. The van der Waals surface area contributed by atoms with Crippen LogP contribution in [-0.4, -0.2) is 61.4 Å². The van der Waals surface area contributed by atoms with Crippen molar-refractivity contribution in [1.29, 1.82) is 0 Å². The van der Waals surface area contributed by atoms with Crippen molar-refractivity contribution in [2.24, 2.45) is 5.92 Å². The summed E-state index contributed by atoms with van der Waals surface area (Å²) in [6, 6.07) is 14.3. The van der Waals surface area contributed by atoms with Gasteiger partial charge in [0.15, 0.2) is 0 Å². The van der Waals surface area contributed by atoms with E-state index < -0.39 is 0 Å². The summed E-state index contributed by atoms with van der Waals surface area (Å²) >= 11 is 0. The van der Waals surface area contributed by atoms with Crippen LogP contribution in [0.25, 0.3) is 0 Å². The fourth-order valence-electron chi connectivity index (χ4n) is 4.96. The van der Waals surface area contributed by atoms with E-state index in [-0.39, 0.29) is 36.1 Å². The summed E-state index contributed by atoms with van der Waals surface area (Å²) in [4.78, 5) is 17.2. The molecular formula is C23H25FN2O3. The van der Waals surface area contributed by atoms with Crippen LogP contribution in [0.15, 0.2) is 48.5 Å². The molecule has 2 aromatic carbocycles. The van der Waals surface area contributed by atoms with Gasteiger partial charge in [0.2, 0.25) is 0 Å². The molecule has 6 heteroatoms. The highest BCUT2D eigenvalue weighted by atomic mass is 19.1. The molecular weight excluding hydrogens is 371 g/mol. The molecule has 3 aliphatic rings. The highest BCUT2D eigenvalue weighted by Gasteiger charge is 2.46. The molecule has 0 N–H and O–H groups in total. The van der Waals surface area contributed by atoms with E-state index in [2.05, 4.69) is 18.0 Å². The summed E-state index contributed by atoms with van der Waals surface area (Å²) in [5.41, 5.74) is 3.17. The van der Waals surface area contributed by atoms with E-state index in [0.29, 0.717) is 13.2 Å². The molecule has 0 saturated carbocycles. The fourth-order valence-corrected chi connectivity index (χ4v) is 4.96. The summed E-state index contributed by atoms with van der Waals surface area (Å²) in [6.07, 6.45) is 0.382. The smallest absolute Gasteiger partial charge is 0.410 e. The summed E-state index contributed by atoms with van der Waals surface area (Å²) in [6.45, 7) is 2.79. The summed E-state index contributed by atoms with van der Waals surface area (Å²) in [5.74, 6) is -0.0585. The van der Waals surface area contributed by atoms with Gasteiger partial charge in [-0.3, -0.25) is 4.90 Å². The normalized spacial score (nSPS) is 28.8. The number of hydrogen-bond donors (Lipinski definition) is 0. The molecule has 0 aromatic heterocycles. The van der Waals surface area contributed by atoms with E-state index in [4.69, 9.17) is 9.47 Å². The monoisotopic (exact) mass is 396 g/mol. The molecule has 3 aliphatic heterocycles. The highest BCUT2D eigenvalue weighted by molar-refractivity contribution is 5.70. The highest BCUT2D eigenvalue weighted by Crippen LogP contribution is 2.37. The van der Waals surface area contributed by atoms with Crippen LogP contribution in [0.5, 0.6) is 0 Å². The van der Waals surface area contributed by atoms with Gasteiger partial charge in [-0.25, -0.2) is 9.18 Å². The fraction of sp³-hybridized carbons (Fsp3) is 0.435. The maximum Gasteiger partial charge on any atom is 0.410 e. The minimum Gasteiger partial charge on any atom is -0.443 e. The predicted molar refractivity (Wildman–Crippen MR) is 106 cm³/mol. The molecule has 2 aromatic rings. The predicted octanol–water partition coefficient (Wildman–Crippen LogP) is 3.24. The second kappa shape index (κ2) is 7.43. The lowest BCUT2D eigenvalue weighted by molar-refractivity contribution is 0.0294. The van der Waals surface area contributed by atoms with E-state index in [9.17, 15) is 9.18 Å². The topological polar surface area (TPSA) is 42.0 Å². The summed E-state index contributed by atoms with van der Waals surface area (Å²) < 4.78 is 25.3. The first kappa shape index (κ1) is 18.6. The molecule has 3 heterocycles. The molecule has 0 unspecified atom stereocenters. The van der Waals surface area contributed by atoms with Crippen molar-refractivity contribution in [2.75, 3.05) is 33.3 Å². The van der Waals surface area contributed by atoms with Crippen LogP contribution in [0.4, 0.5) is 9.18 Å². The number of benzene rings is 2. The van der Waals surface area contributed by atoms with Crippen LogP contribution >= 0.6 is 0 Å². The van der Waals surface area contributed by atoms with Crippen molar-refractivity contribution in [3.05, 3.63) is 71.0 Å². The molecule has 0 aliphatic carbocycles. The molecule has 2 saturated heterocycles. The maximum absolute atomic E-state index is 13.5. The molecule has 0 radical (unpaired) electrons. The van der Waals surface area contributed by atoms with Gasteiger partial charge in [-0.05, 0) is 42.3 Å². The minimum atomic E-state index is -0.322. The van der Waals surface area contributed by atoms with Crippen molar-refractivity contribution in [3.8, 4) is 0 Å². The number of hydrogen-bond acceptors (Lipinski definition) is 4. The second-order valence-electron chi connectivity index (χ2n) is 8.28. The van der Waals surface area contributed by atoms with Gasteiger partial charge in [-0.2, -0.15) is 0 Å². The molecule has 5 rings (SSSR count).